The molecule has 0 aliphatic carbocycles. The van der Waals surface area contributed by atoms with Crippen molar-refractivity contribution in [3.8, 4) is 11.5 Å². The van der Waals surface area contributed by atoms with Crippen molar-refractivity contribution in [1.29, 1.82) is 0 Å². The van der Waals surface area contributed by atoms with E-state index in [9.17, 15) is 0 Å². The van der Waals surface area contributed by atoms with Crippen LogP contribution in [0.3, 0.4) is 0 Å². The second-order valence-corrected chi connectivity index (χ2v) is 5.73. The second-order valence-electron chi connectivity index (χ2n) is 5.73. The molecule has 0 fully saturated rings. The van der Waals surface area contributed by atoms with Gasteiger partial charge in [0.2, 0.25) is 0 Å². The van der Waals surface area contributed by atoms with E-state index in [4.69, 9.17) is 9.47 Å². The van der Waals surface area contributed by atoms with Crippen LogP contribution in [-0.4, -0.2) is 13.2 Å². The van der Waals surface area contributed by atoms with Gasteiger partial charge in [-0.1, -0.05) is 38.1 Å². The molecular formula is C20H26O2. The normalized spacial score (nSPS) is 11.0. The van der Waals surface area contributed by atoms with Crippen LogP contribution in [0.1, 0.15) is 44.7 Å². The van der Waals surface area contributed by atoms with Crippen molar-refractivity contribution in [2.45, 2.75) is 33.6 Å². The molecule has 0 aromatic heterocycles. The molecule has 2 rings (SSSR count). The molecule has 0 atom stereocenters. The molecule has 0 aliphatic rings. The first-order valence-electron chi connectivity index (χ1n) is 8.11. The van der Waals surface area contributed by atoms with Crippen molar-refractivity contribution in [2.24, 2.45) is 5.92 Å². The summed E-state index contributed by atoms with van der Waals surface area (Å²) >= 11 is 0. The highest BCUT2D eigenvalue weighted by atomic mass is 16.5. The van der Waals surface area contributed by atoms with Crippen molar-refractivity contribution in [1.82, 2.24) is 0 Å². The highest BCUT2D eigenvalue weighted by molar-refractivity contribution is 5.38. The van der Waals surface area contributed by atoms with Crippen LogP contribution in [0.15, 0.2) is 48.5 Å². The predicted molar refractivity (Wildman–Crippen MR) is 91.9 cm³/mol. The van der Waals surface area contributed by atoms with Gasteiger partial charge in [-0.15, -0.1) is 0 Å². The summed E-state index contributed by atoms with van der Waals surface area (Å²) in [6.07, 6.45) is 0. The van der Waals surface area contributed by atoms with E-state index in [-0.39, 0.29) is 0 Å². The maximum absolute atomic E-state index is 5.53. The van der Waals surface area contributed by atoms with E-state index in [2.05, 4.69) is 62.4 Å². The van der Waals surface area contributed by atoms with Crippen LogP contribution in [0.5, 0.6) is 11.5 Å². The van der Waals surface area contributed by atoms with Crippen LogP contribution in [0.25, 0.3) is 0 Å². The van der Waals surface area contributed by atoms with Gasteiger partial charge < -0.3 is 9.47 Å². The van der Waals surface area contributed by atoms with Crippen molar-refractivity contribution in [3.05, 3.63) is 59.7 Å². The summed E-state index contributed by atoms with van der Waals surface area (Å²) in [5, 5.41) is 0. The monoisotopic (exact) mass is 298 g/mol. The van der Waals surface area contributed by atoms with Crippen LogP contribution in [0, 0.1) is 5.92 Å². The largest absolute Gasteiger partial charge is 0.494 e. The van der Waals surface area contributed by atoms with E-state index in [1.165, 1.54) is 11.1 Å². The fourth-order valence-corrected chi connectivity index (χ4v) is 2.84. The SMILES string of the molecule is CCOc1ccc(C(c2ccc(OCC)cc2)C(C)C)cc1. The minimum Gasteiger partial charge on any atom is -0.494 e. The van der Waals surface area contributed by atoms with E-state index in [1.807, 2.05) is 13.8 Å². The lowest BCUT2D eigenvalue weighted by molar-refractivity contribution is 0.340. The Hall–Kier alpha value is -1.96. The van der Waals surface area contributed by atoms with Crippen molar-refractivity contribution < 1.29 is 9.47 Å². The maximum atomic E-state index is 5.53. The number of hydrogen-bond donors (Lipinski definition) is 0. The zero-order chi connectivity index (χ0) is 15.9. The first-order valence-corrected chi connectivity index (χ1v) is 8.11. The summed E-state index contributed by atoms with van der Waals surface area (Å²) < 4.78 is 11.1. The van der Waals surface area contributed by atoms with Crippen LogP contribution >= 0.6 is 0 Å². The van der Waals surface area contributed by atoms with Crippen molar-refractivity contribution in [2.75, 3.05) is 13.2 Å². The summed E-state index contributed by atoms with van der Waals surface area (Å²) in [7, 11) is 0. The summed E-state index contributed by atoms with van der Waals surface area (Å²) in [6.45, 7) is 9.93. The van der Waals surface area contributed by atoms with Crippen LogP contribution in [-0.2, 0) is 0 Å². The Labute approximate surface area is 134 Å². The van der Waals surface area contributed by atoms with Crippen molar-refractivity contribution in [3.63, 3.8) is 0 Å². The highest BCUT2D eigenvalue weighted by Gasteiger charge is 2.18. The Bertz CT molecular complexity index is 506. The van der Waals surface area contributed by atoms with Crippen LogP contribution in [0.4, 0.5) is 0 Å². The molecule has 0 bridgehead atoms. The predicted octanol–water partition coefficient (Wildman–Crippen LogP) is 5.27. The van der Waals surface area contributed by atoms with E-state index in [0.717, 1.165) is 11.5 Å². The van der Waals surface area contributed by atoms with Gasteiger partial charge in [-0.25, -0.2) is 0 Å². The molecule has 2 heteroatoms. The Morgan fingerprint density at radius 3 is 1.32 bits per heavy atom. The first kappa shape index (κ1) is 16.4. The summed E-state index contributed by atoms with van der Waals surface area (Å²) in [5.41, 5.74) is 2.64. The molecular weight excluding hydrogens is 272 g/mol. The smallest absolute Gasteiger partial charge is 0.119 e. The van der Waals surface area contributed by atoms with E-state index in [0.29, 0.717) is 25.0 Å². The van der Waals surface area contributed by atoms with Crippen LogP contribution in [0.2, 0.25) is 0 Å². The molecule has 0 saturated carbocycles. The molecule has 0 spiro atoms. The summed E-state index contributed by atoms with van der Waals surface area (Å²) in [6, 6.07) is 16.9. The second kappa shape index (κ2) is 7.88. The van der Waals surface area contributed by atoms with E-state index < -0.39 is 0 Å². The number of ether oxygens (including phenoxy) is 2. The molecule has 2 aromatic carbocycles. The van der Waals surface area contributed by atoms with Gasteiger partial charge in [0.05, 0.1) is 13.2 Å². The molecule has 0 heterocycles. The third-order valence-electron chi connectivity index (χ3n) is 3.77. The molecule has 2 nitrogen and oxygen atoms in total. The van der Waals surface area contributed by atoms with Gasteiger partial charge in [0.25, 0.3) is 0 Å². The molecule has 118 valence electrons. The summed E-state index contributed by atoms with van der Waals surface area (Å²) in [5.74, 6) is 2.77. The maximum Gasteiger partial charge on any atom is 0.119 e. The average Bonchev–Trinajstić information content (AvgIpc) is 2.51. The van der Waals surface area contributed by atoms with Gasteiger partial charge in [0.1, 0.15) is 11.5 Å². The van der Waals surface area contributed by atoms with Gasteiger partial charge in [-0.05, 0) is 55.2 Å². The lowest BCUT2D eigenvalue weighted by Crippen LogP contribution is -2.08. The number of hydrogen-bond acceptors (Lipinski definition) is 2. The topological polar surface area (TPSA) is 18.5 Å². The van der Waals surface area contributed by atoms with E-state index >= 15 is 0 Å². The summed E-state index contributed by atoms with van der Waals surface area (Å²) in [4.78, 5) is 0. The Morgan fingerprint density at radius 1 is 0.682 bits per heavy atom. The van der Waals surface area contributed by atoms with Gasteiger partial charge in [-0.3, -0.25) is 0 Å². The van der Waals surface area contributed by atoms with E-state index in [1.54, 1.807) is 0 Å². The molecule has 22 heavy (non-hydrogen) atoms. The lowest BCUT2D eigenvalue weighted by atomic mass is 9.82. The Morgan fingerprint density at radius 2 is 1.05 bits per heavy atom. The highest BCUT2D eigenvalue weighted by Crippen LogP contribution is 2.33. The molecule has 2 aromatic rings. The van der Waals surface area contributed by atoms with Crippen LogP contribution < -0.4 is 9.47 Å². The zero-order valence-corrected chi connectivity index (χ0v) is 14.0. The fourth-order valence-electron chi connectivity index (χ4n) is 2.84. The number of rotatable bonds is 7. The van der Waals surface area contributed by atoms with Gasteiger partial charge in [0.15, 0.2) is 0 Å². The number of benzene rings is 2. The molecule has 0 saturated heterocycles. The lowest BCUT2D eigenvalue weighted by Gasteiger charge is -2.22. The van der Waals surface area contributed by atoms with Gasteiger partial charge in [0, 0.05) is 5.92 Å². The molecule has 0 unspecified atom stereocenters. The molecule has 0 aliphatic heterocycles. The Balaban J connectivity index is 2.25. The standard InChI is InChI=1S/C20H26O2/c1-5-21-18-11-7-16(8-12-18)20(15(3)4)17-9-13-19(14-10-17)22-6-2/h7-15,20H,5-6H2,1-4H3. The zero-order valence-electron chi connectivity index (χ0n) is 14.0. The quantitative estimate of drug-likeness (QED) is 0.693. The third-order valence-corrected chi connectivity index (χ3v) is 3.77. The third kappa shape index (κ3) is 4.03. The Kier molecular flexibility index (Phi) is 5.88. The fraction of sp³-hybridized carbons (Fsp3) is 0.400. The minimum absolute atomic E-state index is 0.381. The van der Waals surface area contributed by atoms with Gasteiger partial charge in [-0.2, -0.15) is 0 Å². The molecule has 0 N–H and O–H groups in total. The minimum atomic E-state index is 0.381. The first-order chi connectivity index (χ1) is 10.7. The molecule has 0 amide bonds. The van der Waals surface area contributed by atoms with Crippen molar-refractivity contribution >= 4 is 0 Å². The molecule has 0 radical (unpaired) electrons. The van der Waals surface area contributed by atoms with Gasteiger partial charge >= 0.3 is 0 Å². The average molecular weight is 298 g/mol.